The molecule has 0 aliphatic heterocycles. The number of rotatable bonds is 2. The Morgan fingerprint density at radius 2 is 0.985 bits per heavy atom. The van der Waals surface area contributed by atoms with Crippen molar-refractivity contribution in [3.05, 3.63) is 208 Å². The van der Waals surface area contributed by atoms with Gasteiger partial charge in [0.15, 0.2) is 10.9 Å². The predicted octanol–water partition coefficient (Wildman–Crippen LogP) is 14.1. The van der Waals surface area contributed by atoms with Crippen LogP contribution in [0.2, 0.25) is 20.4 Å². The Morgan fingerprint density at radius 1 is 0.470 bits per heavy atom. The summed E-state index contributed by atoms with van der Waals surface area (Å²) in [5.74, 6) is -1.60. The van der Waals surface area contributed by atoms with Crippen LogP contribution in [0, 0.1) is 51.0 Å². The standard InChI is InChI=1S/2C15H10ClFN2.2C10H7ClFNO/c1-9-14(16)13-10(17)5-4-7-11(13)19-15(9)12-6-2-3-8-18-12;1-9-14(16)11-6-5-10(17)8-13(11)19-15(9)12-4-2-3-7-18-12;1-5-9(14)7-3-2-6(12)4-8(7)13-10(5)11;1-5-9(14)8-6(12)3-2-4-7(8)13-10(5)11/h2*2-8H,1H3;2*2-4H,1H3,(H,13,14). The molecule has 0 unspecified atom stereocenters. The van der Waals surface area contributed by atoms with E-state index in [9.17, 15) is 27.2 Å². The number of nitrogens with one attached hydrogen (secondary N) is 2. The van der Waals surface area contributed by atoms with Gasteiger partial charge < -0.3 is 9.97 Å². The molecule has 0 aliphatic carbocycles. The van der Waals surface area contributed by atoms with E-state index in [-0.39, 0.29) is 38.2 Å². The summed E-state index contributed by atoms with van der Waals surface area (Å²) >= 11 is 24.2. The Bertz CT molecular complexity index is 3520. The molecule has 332 valence electrons. The first kappa shape index (κ1) is 47.3. The maximum atomic E-state index is 13.8. The fourth-order valence-electron chi connectivity index (χ4n) is 6.81. The number of hydrogen-bond donors (Lipinski definition) is 2. The third-order valence-electron chi connectivity index (χ3n) is 10.4. The van der Waals surface area contributed by atoms with Crippen LogP contribution >= 0.6 is 46.4 Å². The molecule has 0 fully saturated rings. The van der Waals surface area contributed by atoms with Gasteiger partial charge in [0.25, 0.3) is 0 Å². The van der Waals surface area contributed by atoms with Crippen LogP contribution in [-0.2, 0) is 0 Å². The zero-order valence-electron chi connectivity index (χ0n) is 35.2. The highest BCUT2D eigenvalue weighted by molar-refractivity contribution is 6.37. The van der Waals surface area contributed by atoms with E-state index < -0.39 is 11.6 Å². The van der Waals surface area contributed by atoms with Gasteiger partial charge in [0.05, 0.1) is 65.7 Å². The quantitative estimate of drug-likeness (QED) is 0.132. The molecule has 0 bridgehead atoms. The van der Waals surface area contributed by atoms with Crippen LogP contribution in [0.4, 0.5) is 17.6 Å². The van der Waals surface area contributed by atoms with E-state index in [0.717, 1.165) is 27.9 Å². The van der Waals surface area contributed by atoms with Crippen molar-refractivity contribution in [2.24, 2.45) is 0 Å². The van der Waals surface area contributed by atoms with Gasteiger partial charge in [-0.25, -0.2) is 27.5 Å². The SMILES string of the molecule is Cc1c(-c2ccccn2)nc2cc(F)ccc2c1Cl.Cc1c(-c2ccccn2)nc2cccc(F)c2c1Cl.Cc1c(Cl)[nH]c2cc(F)ccc2c1=O.Cc1c(Cl)[nH]c2cccc(F)c2c1=O. The van der Waals surface area contributed by atoms with Crippen molar-refractivity contribution in [3.8, 4) is 22.8 Å². The molecule has 0 atom stereocenters. The third-order valence-corrected chi connectivity index (χ3v) is 12.1. The maximum Gasteiger partial charge on any atom is 0.196 e. The molecule has 0 amide bonds. The van der Waals surface area contributed by atoms with Crippen LogP contribution in [0.15, 0.2) is 131 Å². The molecule has 10 aromatic rings. The molecule has 66 heavy (non-hydrogen) atoms. The van der Waals surface area contributed by atoms with Crippen LogP contribution in [-0.4, -0.2) is 29.9 Å². The van der Waals surface area contributed by atoms with E-state index in [1.807, 2.05) is 50.2 Å². The van der Waals surface area contributed by atoms with Crippen molar-refractivity contribution < 1.29 is 17.6 Å². The number of hydrogen-bond acceptors (Lipinski definition) is 6. The van der Waals surface area contributed by atoms with Crippen LogP contribution in [0.5, 0.6) is 0 Å². The largest absolute Gasteiger partial charge is 0.345 e. The summed E-state index contributed by atoms with van der Waals surface area (Å²) in [5.41, 5.74) is 6.59. The zero-order valence-corrected chi connectivity index (χ0v) is 38.2. The minimum atomic E-state index is -0.525. The Labute approximate surface area is 393 Å². The Kier molecular flexibility index (Phi) is 14.5. The van der Waals surface area contributed by atoms with Gasteiger partial charge >= 0.3 is 0 Å². The number of aromatic amines is 2. The average Bonchev–Trinajstić information content (AvgIpc) is 3.31. The second kappa shape index (κ2) is 20.2. The van der Waals surface area contributed by atoms with Crippen LogP contribution in [0.3, 0.4) is 0 Å². The Hall–Kier alpha value is -6.70. The summed E-state index contributed by atoms with van der Waals surface area (Å²) in [6.07, 6.45) is 3.39. The van der Waals surface area contributed by atoms with Crippen LogP contribution in [0.25, 0.3) is 66.4 Å². The van der Waals surface area contributed by atoms with Crippen LogP contribution < -0.4 is 10.9 Å². The molecule has 0 aliphatic rings. The molecule has 4 aromatic carbocycles. The number of aromatic nitrogens is 6. The first-order valence-electron chi connectivity index (χ1n) is 19.8. The molecular weight excluding hydrogens is 934 g/mol. The second-order valence-corrected chi connectivity index (χ2v) is 16.2. The van der Waals surface area contributed by atoms with Crippen molar-refractivity contribution in [1.82, 2.24) is 29.9 Å². The van der Waals surface area contributed by atoms with E-state index >= 15 is 0 Å². The highest BCUT2D eigenvalue weighted by atomic mass is 35.5. The first-order valence-corrected chi connectivity index (χ1v) is 21.3. The van der Waals surface area contributed by atoms with Gasteiger partial charge in [-0.15, -0.1) is 0 Å². The molecule has 10 rings (SSSR count). The summed E-state index contributed by atoms with van der Waals surface area (Å²) in [5, 5.41) is 3.12. The average molecular weight is 969 g/mol. The summed E-state index contributed by atoms with van der Waals surface area (Å²) in [6.45, 7) is 6.91. The molecule has 0 spiro atoms. The number of halogens is 8. The Balaban J connectivity index is 0.000000132. The minimum absolute atomic E-state index is 0.0643. The third kappa shape index (κ3) is 9.92. The highest BCUT2D eigenvalue weighted by Crippen LogP contribution is 2.34. The lowest BCUT2D eigenvalue weighted by molar-refractivity contribution is 0.629. The molecule has 2 N–H and O–H groups in total. The molecule has 6 heterocycles. The highest BCUT2D eigenvalue weighted by Gasteiger charge is 2.16. The normalized spacial score (nSPS) is 10.8. The monoisotopic (exact) mass is 966 g/mol. The first-order chi connectivity index (χ1) is 31.5. The zero-order chi connectivity index (χ0) is 47.4. The molecule has 0 saturated carbocycles. The molecule has 0 radical (unpaired) electrons. The molecular formula is C50H34Cl4F4N6O2. The molecule has 0 saturated heterocycles. The van der Waals surface area contributed by atoms with E-state index in [2.05, 4.69) is 29.9 Å². The lowest BCUT2D eigenvalue weighted by atomic mass is 10.1. The molecule has 6 aromatic heterocycles. The van der Waals surface area contributed by atoms with Gasteiger partial charge in [0.2, 0.25) is 0 Å². The van der Waals surface area contributed by atoms with Crippen molar-refractivity contribution in [2.45, 2.75) is 27.7 Å². The van der Waals surface area contributed by atoms with Gasteiger partial charge in [-0.2, -0.15) is 0 Å². The fourth-order valence-corrected chi connectivity index (χ4v) is 7.71. The predicted molar refractivity (Wildman–Crippen MR) is 258 cm³/mol. The van der Waals surface area contributed by atoms with Crippen molar-refractivity contribution in [1.29, 1.82) is 0 Å². The summed E-state index contributed by atoms with van der Waals surface area (Å²) in [6, 6.07) is 28.7. The topological polar surface area (TPSA) is 117 Å². The van der Waals surface area contributed by atoms with E-state index in [1.165, 1.54) is 48.5 Å². The minimum Gasteiger partial charge on any atom is -0.345 e. The van der Waals surface area contributed by atoms with Crippen LogP contribution in [0.1, 0.15) is 22.3 Å². The second-order valence-electron chi connectivity index (χ2n) is 14.7. The number of fused-ring (bicyclic) bond motifs is 4. The van der Waals surface area contributed by atoms with Crippen molar-refractivity contribution >= 4 is 90.0 Å². The van der Waals surface area contributed by atoms with Gasteiger partial charge in [0.1, 0.15) is 33.6 Å². The number of pyridine rings is 6. The van der Waals surface area contributed by atoms with E-state index in [1.54, 1.807) is 50.5 Å². The molecule has 16 heteroatoms. The van der Waals surface area contributed by atoms with Gasteiger partial charge in [-0.1, -0.05) is 70.7 Å². The summed E-state index contributed by atoms with van der Waals surface area (Å²) in [7, 11) is 0. The maximum absolute atomic E-state index is 13.8. The van der Waals surface area contributed by atoms with Gasteiger partial charge in [-0.3, -0.25) is 19.6 Å². The van der Waals surface area contributed by atoms with Gasteiger partial charge in [-0.05, 0) is 118 Å². The number of benzene rings is 4. The van der Waals surface area contributed by atoms with Crippen molar-refractivity contribution in [2.75, 3.05) is 0 Å². The fraction of sp³-hybridized carbons (Fsp3) is 0.0800. The van der Waals surface area contributed by atoms with E-state index in [0.29, 0.717) is 65.4 Å². The number of H-pyrrole nitrogens is 2. The van der Waals surface area contributed by atoms with Gasteiger partial charge in [0, 0.05) is 40.4 Å². The molecule has 8 nitrogen and oxygen atoms in total. The number of nitrogens with zero attached hydrogens (tertiary/aromatic N) is 4. The lowest BCUT2D eigenvalue weighted by Gasteiger charge is -2.10. The van der Waals surface area contributed by atoms with E-state index in [4.69, 9.17) is 46.4 Å². The Morgan fingerprint density at radius 3 is 1.59 bits per heavy atom. The lowest BCUT2D eigenvalue weighted by Crippen LogP contribution is -2.09. The summed E-state index contributed by atoms with van der Waals surface area (Å²) in [4.78, 5) is 46.3. The smallest absolute Gasteiger partial charge is 0.196 e. The van der Waals surface area contributed by atoms with Crippen molar-refractivity contribution in [3.63, 3.8) is 0 Å². The summed E-state index contributed by atoms with van der Waals surface area (Å²) < 4.78 is 53.3.